The Morgan fingerprint density at radius 2 is 1.59 bits per heavy atom. The monoisotopic (exact) mass is 383 g/mol. The summed E-state index contributed by atoms with van der Waals surface area (Å²) in [7, 11) is -1.61. The van der Waals surface area contributed by atoms with Gasteiger partial charge in [0.15, 0.2) is 5.78 Å². The van der Waals surface area contributed by atoms with Crippen LogP contribution in [0.3, 0.4) is 0 Å². The number of carbonyl (C=O) groups is 1. The number of ketones is 1. The summed E-state index contributed by atoms with van der Waals surface area (Å²) in [6, 6.07) is 13.5. The van der Waals surface area contributed by atoms with Crippen LogP contribution in [0.5, 0.6) is 0 Å². The van der Waals surface area contributed by atoms with E-state index < -0.39 is 7.80 Å². The van der Waals surface area contributed by atoms with Crippen LogP contribution in [-0.2, 0) is 9.98 Å². The van der Waals surface area contributed by atoms with Gasteiger partial charge < -0.3 is 0 Å². The van der Waals surface area contributed by atoms with Crippen LogP contribution in [0.1, 0.15) is 68.6 Å². The highest BCUT2D eigenvalue weighted by atomic mass is 31.1. The molecule has 0 amide bonds. The van der Waals surface area contributed by atoms with Crippen molar-refractivity contribution in [1.82, 2.24) is 0 Å². The van der Waals surface area contributed by atoms with Gasteiger partial charge in [0.05, 0.1) is 0 Å². The molecular weight excluding hydrogens is 351 g/mol. The zero-order valence-corrected chi connectivity index (χ0v) is 18.6. The average molecular weight is 383 g/mol. The van der Waals surface area contributed by atoms with Gasteiger partial charge in [0.1, 0.15) is 7.80 Å². The molecule has 2 aromatic carbocycles. The van der Waals surface area contributed by atoms with Crippen molar-refractivity contribution in [2.24, 2.45) is 11.8 Å². The molecule has 0 saturated heterocycles. The molecule has 0 heterocycles. The Morgan fingerprint density at radius 3 is 2.11 bits per heavy atom. The van der Waals surface area contributed by atoms with Crippen molar-refractivity contribution in [2.75, 3.05) is 6.16 Å². The lowest BCUT2D eigenvalue weighted by molar-refractivity contribution is 0.103. The standard InChI is InChI=1S/C24H32O2P/c1-16(2)18(4)15-27(26)23-17(3)9-8-10-21(23)22(25)19-11-13-20(14-12-19)24(5,6)7/h8-14,16,18H,15H2,1-7H3. The van der Waals surface area contributed by atoms with Crippen molar-refractivity contribution >= 4 is 18.9 Å². The molecule has 0 aliphatic rings. The topological polar surface area (TPSA) is 34.1 Å². The second kappa shape index (κ2) is 8.48. The first-order valence-electron chi connectivity index (χ1n) is 9.72. The van der Waals surface area contributed by atoms with Gasteiger partial charge in [-0.2, -0.15) is 0 Å². The number of rotatable bonds is 6. The average Bonchev–Trinajstić information content (AvgIpc) is 2.59. The van der Waals surface area contributed by atoms with Crippen LogP contribution in [0, 0.1) is 18.8 Å². The van der Waals surface area contributed by atoms with Crippen LogP contribution < -0.4 is 5.30 Å². The van der Waals surface area contributed by atoms with Gasteiger partial charge in [0, 0.05) is 22.6 Å². The smallest absolute Gasteiger partial charge is 0.194 e. The number of hydrogen-bond donors (Lipinski definition) is 0. The zero-order chi connectivity index (χ0) is 20.4. The molecule has 1 radical (unpaired) electrons. The van der Waals surface area contributed by atoms with E-state index in [0.29, 0.717) is 29.1 Å². The van der Waals surface area contributed by atoms with E-state index in [1.807, 2.05) is 49.4 Å². The summed E-state index contributed by atoms with van der Waals surface area (Å²) < 4.78 is 13.1. The SMILES string of the molecule is Cc1cccc(C(=O)c2ccc(C(C)(C)C)cc2)c1[P](=O)CC(C)C(C)C. The van der Waals surface area contributed by atoms with Crippen molar-refractivity contribution in [3.8, 4) is 0 Å². The van der Waals surface area contributed by atoms with Gasteiger partial charge in [0.2, 0.25) is 0 Å². The lowest BCUT2D eigenvalue weighted by Crippen LogP contribution is -2.19. The van der Waals surface area contributed by atoms with E-state index in [-0.39, 0.29) is 11.2 Å². The summed E-state index contributed by atoms with van der Waals surface area (Å²) in [5.41, 5.74) is 3.40. The van der Waals surface area contributed by atoms with Crippen molar-refractivity contribution in [2.45, 2.75) is 53.9 Å². The van der Waals surface area contributed by atoms with Crippen LogP contribution >= 0.6 is 7.80 Å². The van der Waals surface area contributed by atoms with E-state index in [1.165, 1.54) is 5.56 Å². The highest BCUT2D eigenvalue weighted by molar-refractivity contribution is 7.53. The van der Waals surface area contributed by atoms with Crippen molar-refractivity contribution < 1.29 is 9.36 Å². The minimum absolute atomic E-state index is 0.0466. The number of carbonyl (C=O) groups excluding carboxylic acids is 1. The molecule has 0 aromatic heterocycles. The fourth-order valence-electron chi connectivity index (χ4n) is 3.01. The van der Waals surface area contributed by atoms with Crippen LogP contribution in [0.15, 0.2) is 42.5 Å². The first-order chi connectivity index (χ1) is 12.5. The minimum atomic E-state index is -1.61. The van der Waals surface area contributed by atoms with Gasteiger partial charge in [0.25, 0.3) is 0 Å². The number of aryl methyl sites for hydroxylation is 1. The van der Waals surface area contributed by atoms with Gasteiger partial charge in [-0.15, -0.1) is 0 Å². The zero-order valence-electron chi connectivity index (χ0n) is 17.7. The molecule has 27 heavy (non-hydrogen) atoms. The highest BCUT2D eigenvalue weighted by Crippen LogP contribution is 2.31. The van der Waals surface area contributed by atoms with Crippen LogP contribution in [0.4, 0.5) is 0 Å². The highest BCUT2D eigenvalue weighted by Gasteiger charge is 2.22. The maximum atomic E-state index is 13.2. The minimum Gasteiger partial charge on any atom is -0.289 e. The van der Waals surface area contributed by atoms with Gasteiger partial charge in [-0.1, -0.05) is 77.9 Å². The molecule has 0 N–H and O–H groups in total. The van der Waals surface area contributed by atoms with Crippen LogP contribution in [0.25, 0.3) is 0 Å². The first-order valence-corrected chi connectivity index (χ1v) is 11.2. The Morgan fingerprint density at radius 1 is 1.00 bits per heavy atom. The summed E-state index contributed by atoms with van der Waals surface area (Å²) in [6.07, 6.45) is 0.612. The van der Waals surface area contributed by atoms with Gasteiger partial charge in [-0.05, 0) is 41.4 Å². The fraction of sp³-hybridized carbons (Fsp3) is 0.458. The van der Waals surface area contributed by atoms with Crippen molar-refractivity contribution in [3.05, 3.63) is 64.7 Å². The Bertz CT molecular complexity index is 826. The second-order valence-corrected chi connectivity index (χ2v) is 10.5. The Labute approximate surface area is 165 Å². The van der Waals surface area contributed by atoms with E-state index in [1.54, 1.807) is 0 Å². The summed E-state index contributed by atoms with van der Waals surface area (Å²) in [5.74, 6) is 0.772. The van der Waals surface area contributed by atoms with Gasteiger partial charge in [-0.3, -0.25) is 9.36 Å². The van der Waals surface area contributed by atoms with E-state index in [2.05, 4.69) is 41.5 Å². The molecule has 2 atom stereocenters. The molecule has 145 valence electrons. The van der Waals surface area contributed by atoms with Crippen molar-refractivity contribution in [1.29, 1.82) is 0 Å². The second-order valence-electron chi connectivity index (χ2n) is 8.91. The molecule has 2 rings (SSSR count). The molecule has 0 fully saturated rings. The van der Waals surface area contributed by atoms with E-state index in [4.69, 9.17) is 0 Å². The molecule has 0 saturated carbocycles. The molecule has 2 unspecified atom stereocenters. The third kappa shape index (κ3) is 5.14. The fourth-order valence-corrected chi connectivity index (χ4v) is 5.05. The Hall–Kier alpha value is -1.79. The molecule has 0 bridgehead atoms. The molecular formula is C24H32O2P. The summed E-state index contributed by atoms with van der Waals surface area (Å²) >= 11 is 0. The Kier molecular flexibility index (Phi) is 6.76. The molecule has 0 aliphatic heterocycles. The molecule has 0 aliphatic carbocycles. The summed E-state index contributed by atoms with van der Waals surface area (Å²) in [4.78, 5) is 13.2. The van der Waals surface area contributed by atoms with Crippen molar-refractivity contribution in [3.63, 3.8) is 0 Å². The lowest BCUT2D eigenvalue weighted by Gasteiger charge is -2.19. The van der Waals surface area contributed by atoms with E-state index in [9.17, 15) is 9.36 Å². The summed E-state index contributed by atoms with van der Waals surface area (Å²) in [5, 5.41) is 0.727. The van der Waals surface area contributed by atoms with Gasteiger partial charge >= 0.3 is 0 Å². The molecule has 0 spiro atoms. The van der Waals surface area contributed by atoms with Crippen LogP contribution in [-0.4, -0.2) is 11.9 Å². The third-order valence-corrected chi connectivity index (χ3v) is 7.34. The quantitative estimate of drug-likeness (QED) is 0.435. The maximum absolute atomic E-state index is 13.2. The lowest BCUT2D eigenvalue weighted by atomic mass is 9.86. The number of benzene rings is 2. The summed E-state index contributed by atoms with van der Waals surface area (Å²) in [6.45, 7) is 14.8. The first kappa shape index (κ1) is 21.5. The predicted octanol–water partition coefficient (Wildman–Crippen LogP) is 6.27. The largest absolute Gasteiger partial charge is 0.289 e. The Balaban J connectivity index is 2.40. The molecule has 2 nitrogen and oxygen atoms in total. The maximum Gasteiger partial charge on any atom is 0.194 e. The normalized spacial score (nSPS) is 13.6. The predicted molar refractivity (Wildman–Crippen MR) is 116 cm³/mol. The number of hydrogen-bond acceptors (Lipinski definition) is 2. The molecule has 3 heteroatoms. The molecule has 2 aromatic rings. The third-order valence-electron chi connectivity index (χ3n) is 5.34. The van der Waals surface area contributed by atoms with Crippen LogP contribution in [0.2, 0.25) is 0 Å². The van der Waals surface area contributed by atoms with E-state index in [0.717, 1.165) is 10.9 Å². The van der Waals surface area contributed by atoms with Gasteiger partial charge in [-0.25, -0.2) is 0 Å². The van der Waals surface area contributed by atoms with E-state index >= 15 is 0 Å².